The van der Waals surface area contributed by atoms with Gasteiger partial charge in [-0.25, -0.2) is 4.39 Å². The van der Waals surface area contributed by atoms with Gasteiger partial charge in [0.1, 0.15) is 5.82 Å². The third kappa shape index (κ3) is 3.64. The summed E-state index contributed by atoms with van der Waals surface area (Å²) in [5.41, 5.74) is 5.37. The number of nitrogens with zero attached hydrogens (tertiary/aromatic N) is 4. The molecule has 1 fully saturated rings. The first-order chi connectivity index (χ1) is 12.3. The molecule has 3 rings (SSSR count). The lowest BCUT2D eigenvalue weighted by Crippen LogP contribution is -2.46. The van der Waals surface area contributed by atoms with Crippen LogP contribution < -0.4 is 16.0 Å². The highest BCUT2D eigenvalue weighted by molar-refractivity contribution is 5.74. The van der Waals surface area contributed by atoms with Gasteiger partial charge >= 0.3 is 5.69 Å². The van der Waals surface area contributed by atoms with Crippen LogP contribution in [0, 0.1) is 15.9 Å². The van der Waals surface area contributed by atoms with Crippen LogP contribution in [0.5, 0.6) is 0 Å². The molecule has 3 N–H and O–H groups in total. The van der Waals surface area contributed by atoms with Gasteiger partial charge < -0.3 is 20.7 Å². The van der Waals surface area contributed by atoms with E-state index >= 15 is 0 Å². The molecular formula is C16H19FN6O3. The number of halogens is 1. The van der Waals surface area contributed by atoms with Gasteiger partial charge in [0.25, 0.3) is 0 Å². The number of hydrogen-bond acceptors (Lipinski definition) is 8. The lowest BCUT2D eigenvalue weighted by molar-refractivity contribution is -0.383. The molecule has 26 heavy (non-hydrogen) atoms. The first kappa shape index (κ1) is 17.8. The molecule has 0 radical (unpaired) electrons. The Kier molecular flexibility index (Phi) is 4.85. The van der Waals surface area contributed by atoms with Gasteiger partial charge in [0, 0.05) is 13.1 Å². The maximum absolute atomic E-state index is 13.9. The minimum atomic E-state index is -0.688. The van der Waals surface area contributed by atoms with Gasteiger partial charge in [-0.05, 0) is 26.0 Å². The molecule has 2 aromatic rings. The van der Waals surface area contributed by atoms with E-state index in [2.05, 4.69) is 15.3 Å². The summed E-state index contributed by atoms with van der Waals surface area (Å²) in [5.74, 6) is -0.775. The number of hydrogen-bond donors (Lipinski definition) is 2. The highest BCUT2D eigenvalue weighted by Crippen LogP contribution is 2.33. The van der Waals surface area contributed by atoms with Gasteiger partial charge in [-0.1, -0.05) is 12.1 Å². The molecule has 138 valence electrons. The number of nitrogens with two attached hydrogens (primary N) is 1. The smallest absolute Gasteiger partial charge is 0.353 e. The van der Waals surface area contributed by atoms with Crippen molar-refractivity contribution in [3.8, 4) is 0 Å². The van der Waals surface area contributed by atoms with Crippen molar-refractivity contribution in [3.05, 3.63) is 40.2 Å². The molecule has 0 saturated carbocycles. The normalized spacial score (nSPS) is 20.0. The van der Waals surface area contributed by atoms with Crippen molar-refractivity contribution in [2.24, 2.45) is 0 Å². The summed E-state index contributed by atoms with van der Waals surface area (Å²) in [6.45, 7) is 4.85. The van der Waals surface area contributed by atoms with Crippen molar-refractivity contribution in [2.45, 2.75) is 26.1 Å². The summed E-state index contributed by atoms with van der Waals surface area (Å²) in [6, 6.07) is 5.82. The highest BCUT2D eigenvalue weighted by Gasteiger charge is 2.29. The highest BCUT2D eigenvalue weighted by atomic mass is 19.1. The Hall–Kier alpha value is -3.01. The Balaban J connectivity index is 2.02. The zero-order valence-corrected chi connectivity index (χ0v) is 14.3. The first-order valence-electron chi connectivity index (χ1n) is 8.09. The molecule has 2 unspecified atom stereocenters. The SMILES string of the molecule is CC1CN(c2nc(N)c([N+](=O)[O-])c(Nc3ccccc3F)n2)CC(C)O1. The molecule has 0 aliphatic carbocycles. The van der Waals surface area contributed by atoms with Crippen LogP contribution in [0.4, 0.5) is 33.3 Å². The van der Waals surface area contributed by atoms with E-state index in [9.17, 15) is 14.5 Å². The largest absolute Gasteiger partial charge is 0.378 e. The molecule has 10 heteroatoms. The van der Waals surface area contributed by atoms with E-state index in [0.29, 0.717) is 13.1 Å². The number of morpholine rings is 1. The number of benzene rings is 1. The molecule has 2 atom stereocenters. The molecule has 0 amide bonds. The van der Waals surface area contributed by atoms with E-state index in [1.165, 1.54) is 18.2 Å². The molecule has 9 nitrogen and oxygen atoms in total. The van der Waals surface area contributed by atoms with Gasteiger partial charge in [0.15, 0.2) is 0 Å². The second-order valence-electron chi connectivity index (χ2n) is 6.13. The maximum Gasteiger partial charge on any atom is 0.353 e. The monoisotopic (exact) mass is 362 g/mol. The summed E-state index contributed by atoms with van der Waals surface area (Å²) in [6.07, 6.45) is -0.108. The summed E-state index contributed by atoms with van der Waals surface area (Å²) in [7, 11) is 0. The van der Waals surface area contributed by atoms with E-state index in [4.69, 9.17) is 10.5 Å². The molecule has 1 aliphatic rings. The first-order valence-corrected chi connectivity index (χ1v) is 8.09. The molecule has 1 aromatic heterocycles. The molecule has 1 aromatic carbocycles. The van der Waals surface area contributed by atoms with E-state index in [1.807, 2.05) is 18.7 Å². The van der Waals surface area contributed by atoms with Gasteiger partial charge in [-0.15, -0.1) is 0 Å². The minimum Gasteiger partial charge on any atom is -0.378 e. The number of nitrogen functional groups attached to an aromatic ring is 1. The number of nitrogens with one attached hydrogen (secondary N) is 1. The number of nitro groups is 1. The van der Waals surface area contributed by atoms with Crippen LogP contribution in [0.2, 0.25) is 0 Å². The van der Waals surface area contributed by atoms with Crippen LogP contribution in [-0.4, -0.2) is 40.2 Å². The van der Waals surface area contributed by atoms with Crippen LogP contribution in [0.1, 0.15) is 13.8 Å². The minimum absolute atomic E-state index is 0.0539. The van der Waals surface area contributed by atoms with E-state index in [1.54, 1.807) is 6.07 Å². The van der Waals surface area contributed by atoms with E-state index < -0.39 is 16.4 Å². The predicted molar refractivity (Wildman–Crippen MR) is 95.0 cm³/mol. The Morgan fingerprint density at radius 1 is 1.31 bits per heavy atom. The summed E-state index contributed by atoms with van der Waals surface area (Å²) in [4.78, 5) is 20.9. The average Bonchev–Trinajstić information content (AvgIpc) is 2.55. The van der Waals surface area contributed by atoms with Gasteiger partial charge in [0.2, 0.25) is 17.6 Å². The molecule has 1 aliphatic heterocycles. The fraction of sp³-hybridized carbons (Fsp3) is 0.375. The fourth-order valence-electron chi connectivity index (χ4n) is 2.90. The third-order valence-electron chi connectivity index (χ3n) is 3.91. The molecule has 0 bridgehead atoms. The number of rotatable bonds is 4. The number of aromatic nitrogens is 2. The van der Waals surface area contributed by atoms with E-state index in [0.717, 1.165) is 0 Å². The lowest BCUT2D eigenvalue weighted by atomic mass is 10.2. The molecular weight excluding hydrogens is 343 g/mol. The molecule has 2 heterocycles. The molecule has 0 spiro atoms. The van der Waals surface area contributed by atoms with Crippen molar-refractivity contribution in [2.75, 3.05) is 29.0 Å². The topological polar surface area (TPSA) is 119 Å². The van der Waals surface area contributed by atoms with Crippen LogP contribution >= 0.6 is 0 Å². The predicted octanol–water partition coefficient (Wildman–Crippen LogP) is 2.46. The second kappa shape index (κ2) is 7.08. The standard InChI is InChI=1S/C16H19FN6O3/c1-9-7-22(8-10(2)26-9)16-20-14(18)13(23(24)25)15(21-16)19-12-6-4-3-5-11(12)17/h3-6,9-10H,7-8H2,1-2H3,(H3,18,19,20,21). The van der Waals surface area contributed by atoms with Gasteiger partial charge in [0.05, 0.1) is 22.8 Å². The lowest BCUT2D eigenvalue weighted by Gasteiger charge is -2.35. The van der Waals surface area contributed by atoms with Gasteiger partial charge in [-0.2, -0.15) is 9.97 Å². The zero-order chi connectivity index (χ0) is 18.8. The van der Waals surface area contributed by atoms with Crippen molar-refractivity contribution >= 4 is 29.0 Å². The van der Waals surface area contributed by atoms with Crippen LogP contribution in [0.25, 0.3) is 0 Å². The zero-order valence-electron chi connectivity index (χ0n) is 14.3. The number of anilines is 4. The van der Waals surface area contributed by atoms with Crippen LogP contribution in [0.3, 0.4) is 0 Å². The summed E-state index contributed by atoms with van der Waals surface area (Å²) < 4.78 is 19.6. The van der Waals surface area contributed by atoms with Crippen LogP contribution in [0.15, 0.2) is 24.3 Å². The van der Waals surface area contributed by atoms with Crippen molar-refractivity contribution in [1.29, 1.82) is 0 Å². The van der Waals surface area contributed by atoms with Crippen molar-refractivity contribution in [3.63, 3.8) is 0 Å². The fourth-order valence-corrected chi connectivity index (χ4v) is 2.90. The van der Waals surface area contributed by atoms with Crippen molar-refractivity contribution in [1.82, 2.24) is 9.97 Å². The van der Waals surface area contributed by atoms with Crippen LogP contribution in [-0.2, 0) is 4.74 Å². The Labute approximate surface area is 149 Å². The number of ether oxygens (including phenoxy) is 1. The Bertz CT molecular complexity index is 824. The molecule has 1 saturated heterocycles. The Morgan fingerprint density at radius 3 is 2.58 bits per heavy atom. The second-order valence-corrected chi connectivity index (χ2v) is 6.13. The van der Waals surface area contributed by atoms with Crippen molar-refractivity contribution < 1.29 is 14.1 Å². The maximum atomic E-state index is 13.9. The number of para-hydroxylation sites is 1. The summed E-state index contributed by atoms with van der Waals surface area (Å²) in [5, 5.41) is 14.0. The summed E-state index contributed by atoms with van der Waals surface area (Å²) >= 11 is 0. The van der Waals surface area contributed by atoms with Gasteiger partial charge in [-0.3, -0.25) is 10.1 Å². The van der Waals surface area contributed by atoms with E-state index in [-0.39, 0.29) is 35.5 Å². The Morgan fingerprint density at radius 2 is 1.96 bits per heavy atom. The third-order valence-corrected chi connectivity index (χ3v) is 3.91. The quantitative estimate of drug-likeness (QED) is 0.629. The average molecular weight is 362 g/mol.